The van der Waals surface area contributed by atoms with E-state index >= 15 is 0 Å². The Bertz CT molecular complexity index is 1180. The highest BCUT2D eigenvalue weighted by Gasteiger charge is 2.17. The number of hydrogen-bond acceptors (Lipinski definition) is 6. The molecule has 0 aliphatic rings. The Kier molecular flexibility index (Phi) is 4.86. The summed E-state index contributed by atoms with van der Waals surface area (Å²) in [5.74, 6) is 0.815. The van der Waals surface area contributed by atoms with Gasteiger partial charge in [-0.1, -0.05) is 41.6 Å². The Morgan fingerprint density at radius 1 is 0.929 bits per heavy atom. The second kappa shape index (κ2) is 7.61. The molecule has 0 atom stereocenters. The van der Waals surface area contributed by atoms with Gasteiger partial charge < -0.3 is 4.52 Å². The second-order valence-corrected chi connectivity index (χ2v) is 7.69. The van der Waals surface area contributed by atoms with E-state index in [1.54, 1.807) is 60.9 Å². The molecule has 0 bridgehead atoms. The van der Waals surface area contributed by atoms with Crippen molar-refractivity contribution in [3.63, 3.8) is 0 Å². The lowest BCUT2D eigenvalue weighted by molar-refractivity contribution is 0.386. The van der Waals surface area contributed by atoms with Gasteiger partial charge in [0.15, 0.2) is 0 Å². The van der Waals surface area contributed by atoms with Gasteiger partial charge in [0.05, 0.1) is 17.0 Å². The third-order valence-corrected chi connectivity index (χ3v) is 5.43. The van der Waals surface area contributed by atoms with Crippen LogP contribution in [0.1, 0.15) is 11.5 Å². The fraction of sp³-hybridized carbons (Fsp3) is 0.0500. The van der Waals surface area contributed by atoms with E-state index in [0.717, 1.165) is 11.1 Å². The number of anilines is 1. The summed E-state index contributed by atoms with van der Waals surface area (Å²) in [4.78, 5) is 8.61. The minimum atomic E-state index is -3.69. The molecule has 8 heteroatoms. The first-order valence-electron chi connectivity index (χ1n) is 8.50. The highest BCUT2D eigenvalue weighted by molar-refractivity contribution is 7.92. The van der Waals surface area contributed by atoms with Crippen molar-refractivity contribution in [1.29, 1.82) is 0 Å². The summed E-state index contributed by atoms with van der Waals surface area (Å²) < 4.78 is 33.2. The van der Waals surface area contributed by atoms with Gasteiger partial charge in [0.1, 0.15) is 0 Å². The van der Waals surface area contributed by atoms with Crippen LogP contribution < -0.4 is 4.72 Å². The Balaban J connectivity index is 1.58. The van der Waals surface area contributed by atoms with Gasteiger partial charge in [-0.25, -0.2) is 8.42 Å². The van der Waals surface area contributed by atoms with Gasteiger partial charge in [-0.2, -0.15) is 4.98 Å². The molecule has 1 N–H and O–H groups in total. The standard InChI is InChI=1S/C20H16N4O3S/c25-28(26,17-9-2-1-3-10-17)24-18-11-5-4-7-15(18)13-19-22-20(23-27-19)16-8-6-12-21-14-16/h1-12,14,24H,13H2. The van der Waals surface area contributed by atoms with Crippen molar-refractivity contribution < 1.29 is 12.9 Å². The zero-order valence-electron chi connectivity index (χ0n) is 14.7. The maximum Gasteiger partial charge on any atom is 0.261 e. The number of sulfonamides is 1. The molecule has 4 rings (SSSR count). The van der Waals surface area contributed by atoms with Crippen molar-refractivity contribution >= 4 is 15.7 Å². The van der Waals surface area contributed by atoms with Crippen molar-refractivity contribution in [3.8, 4) is 11.4 Å². The Morgan fingerprint density at radius 3 is 2.50 bits per heavy atom. The van der Waals surface area contributed by atoms with Crippen LogP contribution in [0.3, 0.4) is 0 Å². The van der Waals surface area contributed by atoms with Gasteiger partial charge in [-0.15, -0.1) is 0 Å². The van der Waals surface area contributed by atoms with E-state index in [1.807, 2.05) is 18.2 Å². The number of rotatable bonds is 6. The molecular formula is C20H16N4O3S. The lowest BCUT2D eigenvalue weighted by Gasteiger charge is -2.11. The van der Waals surface area contributed by atoms with Crippen LogP contribution in [0.5, 0.6) is 0 Å². The molecule has 4 aromatic rings. The zero-order chi connectivity index (χ0) is 19.4. The van der Waals surface area contributed by atoms with E-state index in [9.17, 15) is 8.42 Å². The van der Waals surface area contributed by atoms with Crippen LogP contribution in [0.2, 0.25) is 0 Å². The SMILES string of the molecule is O=S(=O)(Nc1ccccc1Cc1nc(-c2cccnc2)no1)c1ccccc1. The van der Waals surface area contributed by atoms with Gasteiger partial charge in [-0.3, -0.25) is 9.71 Å². The Labute approximate surface area is 162 Å². The molecule has 0 saturated heterocycles. The minimum absolute atomic E-state index is 0.196. The van der Waals surface area contributed by atoms with E-state index in [2.05, 4.69) is 19.8 Å². The van der Waals surface area contributed by atoms with Gasteiger partial charge in [0, 0.05) is 18.0 Å². The highest BCUT2D eigenvalue weighted by Crippen LogP contribution is 2.23. The van der Waals surface area contributed by atoms with Gasteiger partial charge >= 0.3 is 0 Å². The molecular weight excluding hydrogens is 376 g/mol. The molecule has 0 saturated carbocycles. The van der Waals surface area contributed by atoms with E-state index in [0.29, 0.717) is 23.8 Å². The van der Waals surface area contributed by atoms with Crippen LogP contribution in [0.4, 0.5) is 5.69 Å². The third kappa shape index (κ3) is 3.91. The fourth-order valence-electron chi connectivity index (χ4n) is 2.68. The van der Waals surface area contributed by atoms with Gasteiger partial charge in [0.25, 0.3) is 10.0 Å². The topological polar surface area (TPSA) is 98.0 Å². The van der Waals surface area contributed by atoms with Crippen molar-refractivity contribution in [2.75, 3.05) is 4.72 Å². The quantitative estimate of drug-likeness (QED) is 0.539. The van der Waals surface area contributed by atoms with Crippen LogP contribution in [0.25, 0.3) is 11.4 Å². The van der Waals surface area contributed by atoms with Crippen LogP contribution in [-0.4, -0.2) is 23.5 Å². The summed E-state index contributed by atoms with van der Waals surface area (Å²) in [6.07, 6.45) is 3.61. The second-order valence-electron chi connectivity index (χ2n) is 6.01. The molecule has 2 aromatic carbocycles. The highest BCUT2D eigenvalue weighted by atomic mass is 32.2. The van der Waals surface area contributed by atoms with Crippen LogP contribution in [0, 0.1) is 0 Å². The van der Waals surface area contributed by atoms with Gasteiger partial charge in [-0.05, 0) is 35.9 Å². The molecule has 2 heterocycles. The fourth-order valence-corrected chi connectivity index (χ4v) is 3.80. The van der Waals surface area contributed by atoms with E-state index < -0.39 is 10.0 Å². The largest absolute Gasteiger partial charge is 0.339 e. The minimum Gasteiger partial charge on any atom is -0.339 e. The average Bonchev–Trinajstić information content (AvgIpc) is 3.19. The van der Waals surface area contributed by atoms with E-state index in [4.69, 9.17) is 4.52 Å². The predicted octanol–water partition coefficient (Wildman–Crippen LogP) is 3.52. The number of benzene rings is 2. The number of nitrogens with one attached hydrogen (secondary N) is 1. The number of para-hydroxylation sites is 1. The van der Waals surface area contributed by atoms with Crippen molar-refractivity contribution in [3.05, 3.63) is 90.6 Å². The summed E-state index contributed by atoms with van der Waals surface area (Å²) in [6, 6.07) is 19.0. The molecule has 0 aliphatic carbocycles. The zero-order valence-corrected chi connectivity index (χ0v) is 15.5. The van der Waals surface area contributed by atoms with Crippen LogP contribution in [0.15, 0.2) is 88.5 Å². The maximum absolute atomic E-state index is 12.6. The van der Waals surface area contributed by atoms with Crippen molar-refractivity contribution in [2.24, 2.45) is 0 Å². The first-order valence-corrected chi connectivity index (χ1v) is 9.99. The van der Waals surface area contributed by atoms with Crippen molar-refractivity contribution in [2.45, 2.75) is 11.3 Å². The predicted molar refractivity (Wildman–Crippen MR) is 104 cm³/mol. The first-order chi connectivity index (χ1) is 13.6. The smallest absolute Gasteiger partial charge is 0.261 e. The summed E-state index contributed by atoms with van der Waals surface area (Å²) in [5.41, 5.74) is 1.94. The Morgan fingerprint density at radius 2 is 1.71 bits per heavy atom. The number of pyridine rings is 1. The number of hydrogen-bond donors (Lipinski definition) is 1. The molecule has 140 valence electrons. The number of nitrogens with zero attached hydrogens (tertiary/aromatic N) is 3. The summed E-state index contributed by atoms with van der Waals surface area (Å²) in [5, 5.41) is 3.97. The average molecular weight is 392 g/mol. The molecule has 2 aromatic heterocycles. The molecule has 28 heavy (non-hydrogen) atoms. The van der Waals surface area contributed by atoms with E-state index in [-0.39, 0.29) is 4.90 Å². The monoisotopic (exact) mass is 392 g/mol. The van der Waals surface area contributed by atoms with Crippen LogP contribution >= 0.6 is 0 Å². The molecule has 0 unspecified atom stereocenters. The Hall–Kier alpha value is -3.52. The maximum atomic E-state index is 12.6. The molecule has 0 radical (unpaired) electrons. The first kappa shape index (κ1) is 17.9. The van der Waals surface area contributed by atoms with Crippen LogP contribution in [-0.2, 0) is 16.4 Å². The number of aromatic nitrogens is 3. The molecule has 7 nitrogen and oxygen atoms in total. The third-order valence-electron chi connectivity index (χ3n) is 4.04. The lowest BCUT2D eigenvalue weighted by Crippen LogP contribution is -2.14. The van der Waals surface area contributed by atoms with Crippen molar-refractivity contribution in [1.82, 2.24) is 15.1 Å². The molecule has 0 aliphatic heterocycles. The lowest BCUT2D eigenvalue weighted by atomic mass is 10.1. The normalized spacial score (nSPS) is 11.3. The summed E-state index contributed by atoms with van der Waals surface area (Å²) >= 11 is 0. The molecule has 0 spiro atoms. The summed E-state index contributed by atoms with van der Waals surface area (Å²) in [6.45, 7) is 0. The van der Waals surface area contributed by atoms with Gasteiger partial charge in [0.2, 0.25) is 11.7 Å². The molecule has 0 amide bonds. The van der Waals surface area contributed by atoms with E-state index in [1.165, 1.54) is 0 Å². The summed E-state index contributed by atoms with van der Waals surface area (Å²) in [7, 11) is -3.69. The molecule has 0 fully saturated rings.